The number of benzene rings is 1. The third-order valence-corrected chi connectivity index (χ3v) is 6.80. The Morgan fingerprint density at radius 3 is 1.89 bits per heavy atom. The molecule has 0 aliphatic rings. The lowest BCUT2D eigenvalue weighted by Crippen LogP contribution is -2.41. The van der Waals surface area contributed by atoms with Crippen molar-refractivity contribution in [1.29, 1.82) is 0 Å². The van der Waals surface area contributed by atoms with Crippen LogP contribution in [0.3, 0.4) is 0 Å². The summed E-state index contributed by atoms with van der Waals surface area (Å²) in [7, 11) is 0. The highest BCUT2D eigenvalue weighted by atomic mass is 16.5. The summed E-state index contributed by atoms with van der Waals surface area (Å²) >= 11 is 0. The SMILES string of the molecule is CCCOCCNC(=O)COCCOCCNC(=O)CC[C@H](NC(=O)CCCCCCCCCOc1ccc(C(=O)O)cc1)C(=O)O. The van der Waals surface area contributed by atoms with Gasteiger partial charge in [0.2, 0.25) is 17.7 Å². The molecule has 0 aliphatic heterocycles. The minimum atomic E-state index is -1.19. The molecule has 0 unspecified atom stereocenters. The van der Waals surface area contributed by atoms with Crippen LogP contribution in [0.25, 0.3) is 0 Å². The van der Waals surface area contributed by atoms with Gasteiger partial charge in [-0.05, 0) is 49.9 Å². The number of aliphatic carboxylic acids is 1. The van der Waals surface area contributed by atoms with E-state index in [1.807, 2.05) is 6.92 Å². The topological polar surface area (TPSA) is 199 Å². The summed E-state index contributed by atoms with van der Waals surface area (Å²) in [5.74, 6) is -2.43. The highest BCUT2D eigenvalue weighted by Gasteiger charge is 2.20. The summed E-state index contributed by atoms with van der Waals surface area (Å²) in [5.41, 5.74) is 0.222. The summed E-state index contributed by atoms with van der Waals surface area (Å²) < 4.78 is 21.5. The number of hydrogen-bond donors (Lipinski definition) is 5. The zero-order valence-electron chi connectivity index (χ0n) is 27.6. The predicted molar refractivity (Wildman–Crippen MR) is 173 cm³/mol. The van der Waals surface area contributed by atoms with E-state index in [9.17, 15) is 29.1 Å². The van der Waals surface area contributed by atoms with E-state index in [2.05, 4.69) is 16.0 Å². The lowest BCUT2D eigenvalue weighted by Gasteiger charge is -2.14. The van der Waals surface area contributed by atoms with Crippen LogP contribution in [0.1, 0.15) is 87.9 Å². The molecule has 5 N–H and O–H groups in total. The Balaban J connectivity index is 2.00. The first kappa shape index (κ1) is 41.3. The first-order valence-corrected chi connectivity index (χ1v) is 16.5. The van der Waals surface area contributed by atoms with Crippen LogP contribution in [0.4, 0.5) is 0 Å². The number of aromatic carboxylic acids is 1. The molecule has 266 valence electrons. The molecule has 14 heteroatoms. The maximum atomic E-state index is 12.2. The summed E-state index contributed by atoms with van der Waals surface area (Å²) in [5, 5.41) is 26.2. The second kappa shape index (κ2) is 27.4. The van der Waals surface area contributed by atoms with Crippen LogP contribution in [0.15, 0.2) is 24.3 Å². The van der Waals surface area contributed by atoms with Gasteiger partial charge in [0.1, 0.15) is 18.4 Å². The van der Waals surface area contributed by atoms with Crippen LogP contribution in [-0.4, -0.2) is 105 Å². The van der Waals surface area contributed by atoms with Gasteiger partial charge in [-0.25, -0.2) is 9.59 Å². The van der Waals surface area contributed by atoms with Gasteiger partial charge >= 0.3 is 11.9 Å². The Kier molecular flexibility index (Phi) is 24.0. The quantitative estimate of drug-likeness (QED) is 0.0756. The zero-order valence-corrected chi connectivity index (χ0v) is 27.6. The van der Waals surface area contributed by atoms with E-state index < -0.39 is 18.0 Å². The van der Waals surface area contributed by atoms with Gasteiger partial charge in [-0.3, -0.25) is 14.4 Å². The van der Waals surface area contributed by atoms with Crippen LogP contribution in [-0.2, 0) is 33.4 Å². The van der Waals surface area contributed by atoms with Crippen molar-refractivity contribution >= 4 is 29.7 Å². The Morgan fingerprint density at radius 2 is 1.26 bits per heavy atom. The van der Waals surface area contributed by atoms with Crippen molar-refractivity contribution in [2.24, 2.45) is 0 Å². The van der Waals surface area contributed by atoms with E-state index in [1.165, 1.54) is 12.1 Å². The third-order valence-electron chi connectivity index (χ3n) is 6.80. The van der Waals surface area contributed by atoms with Crippen LogP contribution in [0.2, 0.25) is 0 Å². The smallest absolute Gasteiger partial charge is 0.335 e. The summed E-state index contributed by atoms with van der Waals surface area (Å²) in [6.45, 7) is 4.98. The molecule has 1 aromatic rings. The van der Waals surface area contributed by atoms with Gasteiger partial charge in [-0.1, -0.05) is 39.0 Å². The second-order valence-corrected chi connectivity index (χ2v) is 10.9. The van der Waals surface area contributed by atoms with Gasteiger partial charge in [0.15, 0.2) is 0 Å². The van der Waals surface area contributed by atoms with Gasteiger partial charge in [0.25, 0.3) is 0 Å². The van der Waals surface area contributed by atoms with Gasteiger partial charge in [0, 0.05) is 32.5 Å². The molecule has 1 aromatic carbocycles. The van der Waals surface area contributed by atoms with E-state index in [4.69, 9.17) is 24.1 Å². The number of hydrogen-bond acceptors (Lipinski definition) is 9. The first-order chi connectivity index (χ1) is 22.7. The Hall–Kier alpha value is -3.75. The number of nitrogens with one attached hydrogen (secondary N) is 3. The molecule has 1 rings (SSSR count). The molecule has 3 amide bonds. The molecule has 0 aromatic heterocycles. The number of carboxylic acid groups (broad SMARTS) is 2. The lowest BCUT2D eigenvalue weighted by atomic mass is 10.1. The third kappa shape index (κ3) is 23.3. The van der Waals surface area contributed by atoms with Crippen LogP contribution in [0.5, 0.6) is 5.75 Å². The van der Waals surface area contributed by atoms with E-state index >= 15 is 0 Å². The number of carboxylic acids is 2. The molecule has 0 heterocycles. The standard InChI is InChI=1S/C33H53N3O11/c1-2-19-44-21-18-35-31(39)25-46-24-23-45-22-17-34-29(37)16-15-28(33(42)43)36-30(38)10-8-6-4-3-5-7-9-20-47-27-13-11-26(12-14-27)32(40)41/h11-14,28H,2-10,15-25H2,1H3,(H,34,37)(H,35,39)(H,36,38)(H,40,41)(H,42,43)/t28-/m0/s1. The molecule has 0 aliphatic carbocycles. The summed E-state index contributed by atoms with van der Waals surface area (Å²) in [6, 6.07) is 5.18. The fourth-order valence-electron chi connectivity index (χ4n) is 4.25. The number of rotatable bonds is 30. The summed E-state index contributed by atoms with van der Waals surface area (Å²) in [6.07, 6.45) is 7.50. The van der Waals surface area contributed by atoms with E-state index in [1.54, 1.807) is 12.1 Å². The van der Waals surface area contributed by atoms with Crippen LogP contribution >= 0.6 is 0 Å². The largest absolute Gasteiger partial charge is 0.494 e. The van der Waals surface area contributed by atoms with Crippen molar-refractivity contribution in [3.05, 3.63) is 29.8 Å². The Morgan fingerprint density at radius 1 is 0.660 bits per heavy atom. The molecule has 47 heavy (non-hydrogen) atoms. The molecule has 0 bridgehead atoms. The number of carbonyl (C=O) groups is 5. The maximum Gasteiger partial charge on any atom is 0.335 e. The Bertz CT molecular complexity index is 1040. The number of amides is 3. The van der Waals surface area contributed by atoms with Crippen molar-refractivity contribution in [2.45, 2.75) is 83.6 Å². The fourth-order valence-corrected chi connectivity index (χ4v) is 4.25. The van der Waals surface area contributed by atoms with Gasteiger partial charge < -0.3 is 45.1 Å². The highest BCUT2D eigenvalue weighted by Crippen LogP contribution is 2.14. The second-order valence-electron chi connectivity index (χ2n) is 10.9. The first-order valence-electron chi connectivity index (χ1n) is 16.5. The molecular weight excluding hydrogens is 614 g/mol. The van der Waals surface area contributed by atoms with Crippen molar-refractivity contribution in [3.8, 4) is 5.75 Å². The monoisotopic (exact) mass is 667 g/mol. The Labute approximate surface area is 277 Å². The van der Waals surface area contributed by atoms with E-state index in [0.29, 0.717) is 38.5 Å². The molecular formula is C33H53N3O11. The molecule has 1 atom stereocenters. The number of carbonyl (C=O) groups excluding carboxylic acids is 3. The molecule has 0 radical (unpaired) electrons. The van der Waals surface area contributed by atoms with Crippen LogP contribution < -0.4 is 20.7 Å². The maximum absolute atomic E-state index is 12.2. The minimum Gasteiger partial charge on any atom is -0.494 e. The van der Waals surface area contributed by atoms with E-state index in [-0.39, 0.29) is 75.5 Å². The number of unbranched alkanes of at least 4 members (excludes halogenated alkanes) is 6. The van der Waals surface area contributed by atoms with Gasteiger partial charge in [-0.15, -0.1) is 0 Å². The molecule has 14 nitrogen and oxygen atoms in total. The van der Waals surface area contributed by atoms with Crippen molar-refractivity contribution in [3.63, 3.8) is 0 Å². The average Bonchev–Trinajstić information content (AvgIpc) is 3.05. The van der Waals surface area contributed by atoms with E-state index in [0.717, 1.165) is 44.9 Å². The molecule has 0 saturated carbocycles. The zero-order chi connectivity index (χ0) is 34.5. The molecule has 0 saturated heterocycles. The van der Waals surface area contributed by atoms with Crippen molar-refractivity contribution < 1.29 is 53.1 Å². The van der Waals surface area contributed by atoms with Gasteiger partial charge in [0.05, 0.1) is 38.6 Å². The molecule has 0 fully saturated rings. The minimum absolute atomic E-state index is 0.0221. The average molecular weight is 668 g/mol. The van der Waals surface area contributed by atoms with Gasteiger partial charge in [-0.2, -0.15) is 0 Å². The number of ether oxygens (including phenoxy) is 4. The fraction of sp³-hybridized carbons (Fsp3) is 0.667. The lowest BCUT2D eigenvalue weighted by molar-refractivity contribution is -0.142. The van der Waals surface area contributed by atoms with Crippen molar-refractivity contribution in [1.82, 2.24) is 16.0 Å². The summed E-state index contributed by atoms with van der Waals surface area (Å²) in [4.78, 5) is 58.4. The van der Waals surface area contributed by atoms with Crippen molar-refractivity contribution in [2.75, 3.05) is 59.3 Å². The van der Waals surface area contributed by atoms with Crippen LogP contribution in [0, 0.1) is 0 Å². The highest BCUT2D eigenvalue weighted by molar-refractivity contribution is 5.87. The molecule has 0 spiro atoms. The predicted octanol–water partition coefficient (Wildman–Crippen LogP) is 2.93. The normalized spacial score (nSPS) is 11.4.